The van der Waals surface area contributed by atoms with Crippen LogP contribution in [0, 0.1) is 0 Å². The molecule has 1 heterocycles. The van der Waals surface area contributed by atoms with Gasteiger partial charge in [0.25, 0.3) is 0 Å². The van der Waals surface area contributed by atoms with E-state index in [1.165, 1.54) is 0 Å². The van der Waals surface area contributed by atoms with Gasteiger partial charge in [0.1, 0.15) is 0 Å². The van der Waals surface area contributed by atoms with Crippen molar-refractivity contribution in [2.24, 2.45) is 0 Å². The molecular weight excluding hydrogens is 269 g/mol. The number of hydrogen-bond acceptors (Lipinski definition) is 4. The Balaban J connectivity index is 0.000000399. The van der Waals surface area contributed by atoms with Crippen molar-refractivity contribution in [1.29, 1.82) is 0 Å². The van der Waals surface area contributed by atoms with Gasteiger partial charge in [0.05, 0.1) is 6.54 Å². The fourth-order valence-corrected chi connectivity index (χ4v) is 1.28. The van der Waals surface area contributed by atoms with Gasteiger partial charge in [-0.15, -0.1) is 0 Å². The van der Waals surface area contributed by atoms with E-state index in [1.807, 2.05) is 4.90 Å². The Morgan fingerprint density at radius 1 is 1.53 bits per heavy atom. The van der Waals surface area contributed by atoms with Crippen LogP contribution in [0.5, 0.6) is 0 Å². The average Bonchev–Trinajstić information content (AvgIpc) is 2.31. The van der Waals surface area contributed by atoms with Gasteiger partial charge >= 0.3 is 12.1 Å². The van der Waals surface area contributed by atoms with Crippen LogP contribution in [-0.4, -0.2) is 68.0 Å². The van der Waals surface area contributed by atoms with Crippen LogP contribution in [0.3, 0.4) is 0 Å². The normalized spacial score (nSPS) is 15.8. The van der Waals surface area contributed by atoms with Gasteiger partial charge in [0.2, 0.25) is 5.91 Å². The Labute approximate surface area is 108 Å². The van der Waals surface area contributed by atoms with Crippen LogP contribution in [0.25, 0.3) is 0 Å². The van der Waals surface area contributed by atoms with E-state index < -0.39 is 12.1 Å². The second-order valence-corrected chi connectivity index (χ2v) is 3.71. The predicted molar refractivity (Wildman–Crippen MR) is 59.6 cm³/mol. The highest BCUT2D eigenvalue weighted by atomic mass is 19.4. The number of alkyl halides is 3. The summed E-state index contributed by atoms with van der Waals surface area (Å²) in [6.45, 7) is 3.81. The molecule has 0 aromatic heterocycles. The average molecular weight is 286 g/mol. The fraction of sp³-hybridized carbons (Fsp3) is 0.800. The van der Waals surface area contributed by atoms with Gasteiger partial charge in [-0.3, -0.25) is 4.79 Å². The molecule has 2 N–H and O–H groups in total. The van der Waals surface area contributed by atoms with Crippen molar-refractivity contribution in [1.82, 2.24) is 10.2 Å². The minimum atomic E-state index is -5.08. The molecule has 0 radical (unpaired) electrons. The molecule has 0 saturated carbocycles. The Morgan fingerprint density at radius 3 is 2.53 bits per heavy atom. The highest BCUT2D eigenvalue weighted by Gasteiger charge is 2.38. The Kier molecular flexibility index (Phi) is 8.08. The zero-order valence-corrected chi connectivity index (χ0v) is 10.5. The Hall–Kier alpha value is -1.35. The Morgan fingerprint density at radius 2 is 2.11 bits per heavy atom. The van der Waals surface area contributed by atoms with Gasteiger partial charge in [-0.2, -0.15) is 13.2 Å². The van der Waals surface area contributed by atoms with E-state index in [-0.39, 0.29) is 5.91 Å². The number of carbonyl (C=O) groups is 2. The highest BCUT2D eigenvalue weighted by molar-refractivity contribution is 5.78. The van der Waals surface area contributed by atoms with Crippen molar-refractivity contribution in [3.05, 3.63) is 0 Å². The number of amides is 1. The van der Waals surface area contributed by atoms with E-state index in [4.69, 9.17) is 14.6 Å². The van der Waals surface area contributed by atoms with Crippen LogP contribution in [0.15, 0.2) is 0 Å². The summed E-state index contributed by atoms with van der Waals surface area (Å²) in [5, 5.41) is 10.2. The lowest BCUT2D eigenvalue weighted by molar-refractivity contribution is -0.192. The molecule has 112 valence electrons. The smallest absolute Gasteiger partial charge is 0.475 e. The van der Waals surface area contributed by atoms with Gasteiger partial charge in [-0.05, 0) is 6.42 Å². The minimum absolute atomic E-state index is 0.206. The minimum Gasteiger partial charge on any atom is -0.475 e. The third-order valence-electron chi connectivity index (χ3n) is 2.21. The van der Waals surface area contributed by atoms with E-state index in [0.717, 1.165) is 32.7 Å². The highest BCUT2D eigenvalue weighted by Crippen LogP contribution is 2.13. The van der Waals surface area contributed by atoms with E-state index >= 15 is 0 Å². The number of piperazine rings is 1. The predicted octanol–water partition coefficient (Wildman–Crippen LogP) is 0.0880. The maximum Gasteiger partial charge on any atom is 0.490 e. The first-order valence-corrected chi connectivity index (χ1v) is 5.56. The molecule has 1 rings (SSSR count). The summed E-state index contributed by atoms with van der Waals surface area (Å²) in [6.07, 6.45) is -4.15. The van der Waals surface area contributed by atoms with Crippen molar-refractivity contribution < 1.29 is 32.6 Å². The van der Waals surface area contributed by atoms with E-state index in [9.17, 15) is 18.0 Å². The lowest BCUT2D eigenvalue weighted by Gasteiger charge is -2.27. The summed E-state index contributed by atoms with van der Waals surface area (Å²) >= 11 is 0. The third kappa shape index (κ3) is 8.38. The first-order chi connectivity index (χ1) is 8.79. The molecule has 1 fully saturated rings. The largest absolute Gasteiger partial charge is 0.490 e. The topological polar surface area (TPSA) is 78.9 Å². The molecule has 0 spiro atoms. The number of carbonyl (C=O) groups excluding carboxylic acids is 1. The van der Waals surface area contributed by atoms with Gasteiger partial charge in [0.15, 0.2) is 0 Å². The second kappa shape index (κ2) is 8.70. The number of rotatable bonds is 4. The molecule has 19 heavy (non-hydrogen) atoms. The summed E-state index contributed by atoms with van der Waals surface area (Å²) in [7, 11) is 1.68. The first kappa shape index (κ1) is 17.6. The van der Waals surface area contributed by atoms with Crippen LogP contribution in [0.1, 0.15) is 6.42 Å². The second-order valence-electron chi connectivity index (χ2n) is 3.71. The SMILES string of the molecule is COCCCN1CCNCC1=O.O=C(O)C(F)(F)F. The molecule has 0 aromatic rings. The zero-order chi connectivity index (χ0) is 14.9. The number of aliphatic carboxylic acids is 1. The maximum absolute atomic E-state index is 11.2. The Bertz CT molecular complexity index is 297. The standard InChI is InChI=1S/C8H16N2O2.C2HF3O2/c1-12-6-2-4-10-5-3-9-7-8(10)11;3-2(4,5)1(6)7/h9H,2-7H2,1H3;(H,6,7). The van der Waals surface area contributed by atoms with Crippen molar-refractivity contribution in [2.75, 3.05) is 39.9 Å². The van der Waals surface area contributed by atoms with E-state index in [0.29, 0.717) is 6.54 Å². The lowest BCUT2D eigenvalue weighted by atomic mass is 10.3. The van der Waals surface area contributed by atoms with Gasteiger partial charge in [0, 0.05) is 33.4 Å². The van der Waals surface area contributed by atoms with Crippen molar-refractivity contribution in [3.8, 4) is 0 Å². The van der Waals surface area contributed by atoms with E-state index in [2.05, 4.69) is 5.32 Å². The molecule has 6 nitrogen and oxygen atoms in total. The number of hydrogen-bond donors (Lipinski definition) is 2. The summed E-state index contributed by atoms with van der Waals surface area (Å²) in [6, 6.07) is 0. The molecule has 0 bridgehead atoms. The first-order valence-electron chi connectivity index (χ1n) is 5.56. The monoisotopic (exact) mass is 286 g/mol. The molecule has 1 aliphatic rings. The fourth-order valence-electron chi connectivity index (χ4n) is 1.28. The lowest BCUT2D eigenvalue weighted by Crippen LogP contribution is -2.48. The van der Waals surface area contributed by atoms with E-state index in [1.54, 1.807) is 7.11 Å². The molecule has 1 amide bonds. The number of nitrogens with one attached hydrogen (secondary N) is 1. The molecule has 0 aromatic carbocycles. The summed E-state index contributed by atoms with van der Waals surface area (Å²) in [5.74, 6) is -2.55. The number of halogens is 3. The van der Waals surface area contributed by atoms with Crippen LogP contribution < -0.4 is 5.32 Å². The number of nitrogens with zero attached hydrogens (tertiary/aromatic N) is 1. The number of ether oxygens (including phenoxy) is 1. The van der Waals surface area contributed by atoms with Crippen LogP contribution in [0.2, 0.25) is 0 Å². The number of carboxylic acid groups (broad SMARTS) is 1. The molecular formula is C10H17F3N2O4. The number of methoxy groups -OCH3 is 1. The van der Waals surface area contributed by atoms with Crippen LogP contribution >= 0.6 is 0 Å². The van der Waals surface area contributed by atoms with Crippen molar-refractivity contribution >= 4 is 11.9 Å². The molecule has 1 aliphatic heterocycles. The summed E-state index contributed by atoms with van der Waals surface area (Å²) in [4.78, 5) is 22.0. The van der Waals surface area contributed by atoms with Gasteiger partial charge in [-0.25, -0.2) is 4.79 Å². The van der Waals surface area contributed by atoms with Crippen molar-refractivity contribution in [2.45, 2.75) is 12.6 Å². The van der Waals surface area contributed by atoms with Crippen LogP contribution in [0.4, 0.5) is 13.2 Å². The number of carboxylic acids is 1. The van der Waals surface area contributed by atoms with Gasteiger partial charge in [-0.1, -0.05) is 0 Å². The summed E-state index contributed by atoms with van der Waals surface area (Å²) < 4.78 is 36.7. The van der Waals surface area contributed by atoms with Crippen molar-refractivity contribution in [3.63, 3.8) is 0 Å². The quantitative estimate of drug-likeness (QED) is 0.716. The van der Waals surface area contributed by atoms with Crippen LogP contribution in [-0.2, 0) is 14.3 Å². The molecule has 9 heteroatoms. The molecule has 1 saturated heterocycles. The molecule has 0 aliphatic carbocycles. The molecule has 0 atom stereocenters. The van der Waals surface area contributed by atoms with Gasteiger partial charge < -0.3 is 20.1 Å². The summed E-state index contributed by atoms with van der Waals surface area (Å²) in [5.41, 5.74) is 0. The molecule has 0 unspecified atom stereocenters. The maximum atomic E-state index is 11.2. The zero-order valence-electron chi connectivity index (χ0n) is 10.5. The third-order valence-corrected chi connectivity index (χ3v) is 2.21.